The first kappa shape index (κ1) is 15.9. The van der Waals surface area contributed by atoms with E-state index in [9.17, 15) is 4.79 Å². The fourth-order valence-electron chi connectivity index (χ4n) is 2.81. The molecule has 3 rings (SSSR count). The monoisotopic (exact) mass is 329 g/mol. The number of hydrogen-bond acceptors (Lipinski definition) is 3. The van der Waals surface area contributed by atoms with Crippen molar-refractivity contribution >= 4 is 17.5 Å². The average molecular weight is 330 g/mol. The number of nitrogens with zero attached hydrogens (tertiary/aromatic N) is 2. The van der Waals surface area contributed by atoms with E-state index in [0.29, 0.717) is 18.8 Å². The molecule has 0 fully saturated rings. The molecule has 1 N–H and O–H groups in total. The summed E-state index contributed by atoms with van der Waals surface area (Å²) in [5.74, 6) is 0.750. The molecule has 1 aliphatic rings. The maximum atomic E-state index is 11.9. The molecule has 0 spiro atoms. The number of benzene rings is 1. The minimum atomic E-state index is 0.0445. The van der Waals surface area contributed by atoms with Crippen molar-refractivity contribution in [3.8, 4) is 0 Å². The molecule has 0 unspecified atom stereocenters. The van der Waals surface area contributed by atoms with Crippen LogP contribution >= 0.6 is 11.6 Å². The number of halogens is 1. The van der Waals surface area contributed by atoms with Crippen molar-refractivity contribution in [3.05, 3.63) is 58.1 Å². The van der Waals surface area contributed by atoms with E-state index in [1.54, 1.807) is 0 Å². The summed E-state index contributed by atoms with van der Waals surface area (Å²) >= 11 is 5.85. The second-order valence-electron chi connectivity index (χ2n) is 5.87. The Hall–Kier alpha value is -1.94. The van der Waals surface area contributed by atoms with Crippen molar-refractivity contribution in [1.29, 1.82) is 0 Å². The number of hydrogen-bond donors (Lipinski definition) is 1. The van der Waals surface area contributed by atoms with Gasteiger partial charge in [0.25, 0.3) is 0 Å². The lowest BCUT2D eigenvalue weighted by molar-refractivity contribution is -0.121. The summed E-state index contributed by atoms with van der Waals surface area (Å²) < 4.78 is 0. The fourth-order valence-corrected chi connectivity index (χ4v) is 2.94. The van der Waals surface area contributed by atoms with Crippen LogP contribution in [0.5, 0.6) is 0 Å². The molecule has 1 aromatic heterocycles. The number of carbonyl (C=O) groups excluding carboxylic acids is 1. The molecule has 0 bridgehead atoms. The zero-order valence-corrected chi connectivity index (χ0v) is 13.8. The Balaban J connectivity index is 1.40. The molecule has 0 saturated heterocycles. The van der Waals surface area contributed by atoms with E-state index in [1.807, 2.05) is 30.5 Å². The van der Waals surface area contributed by atoms with Crippen LogP contribution in [0.4, 0.5) is 0 Å². The molecule has 0 saturated carbocycles. The maximum absolute atomic E-state index is 11.9. The first-order chi connectivity index (χ1) is 11.2. The highest BCUT2D eigenvalue weighted by molar-refractivity contribution is 6.30. The van der Waals surface area contributed by atoms with Gasteiger partial charge in [-0.05, 0) is 55.4 Å². The molecule has 23 heavy (non-hydrogen) atoms. The van der Waals surface area contributed by atoms with E-state index in [0.717, 1.165) is 42.8 Å². The highest BCUT2D eigenvalue weighted by atomic mass is 35.5. The summed E-state index contributed by atoms with van der Waals surface area (Å²) in [6.45, 7) is 0.410. The van der Waals surface area contributed by atoms with E-state index in [1.165, 1.54) is 11.1 Å². The quantitative estimate of drug-likeness (QED) is 0.885. The highest BCUT2D eigenvalue weighted by Crippen LogP contribution is 2.18. The highest BCUT2D eigenvalue weighted by Gasteiger charge is 2.13. The van der Waals surface area contributed by atoms with E-state index in [2.05, 4.69) is 15.3 Å². The third-order valence-electron chi connectivity index (χ3n) is 4.09. The van der Waals surface area contributed by atoms with Gasteiger partial charge in [-0.15, -0.1) is 0 Å². The molecule has 0 aliphatic heterocycles. The van der Waals surface area contributed by atoms with Crippen molar-refractivity contribution in [3.63, 3.8) is 0 Å². The first-order valence-electron chi connectivity index (χ1n) is 8.05. The molecule has 1 aromatic carbocycles. The van der Waals surface area contributed by atoms with Crippen molar-refractivity contribution in [2.24, 2.45) is 0 Å². The number of fused-ring (bicyclic) bond motifs is 1. The van der Waals surface area contributed by atoms with Crippen molar-refractivity contribution in [2.75, 3.05) is 0 Å². The van der Waals surface area contributed by atoms with E-state index < -0.39 is 0 Å². The van der Waals surface area contributed by atoms with Gasteiger partial charge in [0.1, 0.15) is 5.82 Å². The van der Waals surface area contributed by atoms with Gasteiger partial charge in [-0.1, -0.05) is 23.7 Å². The Morgan fingerprint density at radius 3 is 2.87 bits per heavy atom. The SMILES string of the molecule is O=C(CCCc1ccc(Cl)cc1)NCc1ncc2c(n1)CCC2. The molecular formula is C18H20ClN3O. The minimum absolute atomic E-state index is 0.0445. The summed E-state index contributed by atoms with van der Waals surface area (Å²) in [7, 11) is 0. The molecule has 1 aliphatic carbocycles. The van der Waals surface area contributed by atoms with Gasteiger partial charge in [-0.25, -0.2) is 9.97 Å². The predicted octanol–water partition coefficient (Wildman–Crippen LogP) is 3.26. The molecule has 2 aromatic rings. The number of aromatic nitrogens is 2. The van der Waals surface area contributed by atoms with Crippen molar-refractivity contribution < 1.29 is 4.79 Å². The van der Waals surface area contributed by atoms with Crippen LogP contribution in [0.2, 0.25) is 5.02 Å². The van der Waals surface area contributed by atoms with Crippen molar-refractivity contribution in [1.82, 2.24) is 15.3 Å². The molecule has 0 radical (unpaired) electrons. The van der Waals surface area contributed by atoms with Crippen LogP contribution in [0.3, 0.4) is 0 Å². The standard InChI is InChI=1S/C18H20ClN3O/c19-15-9-7-13(8-10-15)3-1-6-18(23)21-12-17-20-11-14-4-2-5-16(14)22-17/h7-11H,1-6,12H2,(H,21,23). The third-order valence-corrected chi connectivity index (χ3v) is 4.34. The Labute approximate surface area is 141 Å². The van der Waals surface area contributed by atoms with Gasteiger partial charge in [0.15, 0.2) is 0 Å². The van der Waals surface area contributed by atoms with Gasteiger partial charge >= 0.3 is 0 Å². The number of amides is 1. The average Bonchev–Trinajstić information content (AvgIpc) is 3.02. The number of rotatable bonds is 6. The summed E-state index contributed by atoms with van der Waals surface area (Å²) in [5, 5.41) is 3.64. The molecule has 1 amide bonds. The zero-order valence-electron chi connectivity index (χ0n) is 13.0. The van der Waals surface area contributed by atoms with Crippen LogP contribution in [0.1, 0.15) is 41.9 Å². The minimum Gasteiger partial charge on any atom is -0.349 e. The van der Waals surface area contributed by atoms with Crippen LogP contribution in [0, 0.1) is 0 Å². The van der Waals surface area contributed by atoms with Gasteiger partial charge in [-0.3, -0.25) is 4.79 Å². The molecule has 5 heteroatoms. The van der Waals surface area contributed by atoms with Crippen LogP contribution in [0.15, 0.2) is 30.5 Å². The third kappa shape index (κ3) is 4.52. The molecule has 0 atom stereocenters. The number of nitrogens with one attached hydrogen (secondary N) is 1. The summed E-state index contributed by atoms with van der Waals surface area (Å²) in [5.41, 5.74) is 3.60. The topological polar surface area (TPSA) is 54.9 Å². The lowest BCUT2D eigenvalue weighted by Crippen LogP contribution is -2.24. The van der Waals surface area contributed by atoms with Gasteiger partial charge in [-0.2, -0.15) is 0 Å². The summed E-state index contributed by atoms with van der Waals surface area (Å²) in [4.78, 5) is 20.7. The largest absolute Gasteiger partial charge is 0.349 e. The van der Waals surface area contributed by atoms with E-state index in [4.69, 9.17) is 11.6 Å². The van der Waals surface area contributed by atoms with Crippen LogP contribution in [-0.2, 0) is 30.6 Å². The lowest BCUT2D eigenvalue weighted by Gasteiger charge is -2.06. The second-order valence-corrected chi connectivity index (χ2v) is 6.30. The number of carbonyl (C=O) groups is 1. The zero-order chi connectivity index (χ0) is 16.1. The van der Waals surface area contributed by atoms with Gasteiger partial charge < -0.3 is 5.32 Å². The molecule has 120 valence electrons. The Bertz CT molecular complexity index is 685. The smallest absolute Gasteiger partial charge is 0.220 e. The second kappa shape index (κ2) is 7.55. The fraction of sp³-hybridized carbons (Fsp3) is 0.389. The normalized spacial score (nSPS) is 12.9. The van der Waals surface area contributed by atoms with Gasteiger partial charge in [0, 0.05) is 23.3 Å². The summed E-state index contributed by atoms with van der Waals surface area (Å²) in [6.07, 6.45) is 7.36. The predicted molar refractivity (Wildman–Crippen MR) is 90.3 cm³/mol. The molecule has 4 nitrogen and oxygen atoms in total. The Morgan fingerprint density at radius 2 is 2.04 bits per heavy atom. The van der Waals surface area contributed by atoms with Crippen LogP contribution in [0.25, 0.3) is 0 Å². The Kier molecular flexibility index (Phi) is 5.23. The molecule has 1 heterocycles. The maximum Gasteiger partial charge on any atom is 0.220 e. The van der Waals surface area contributed by atoms with Crippen molar-refractivity contribution in [2.45, 2.75) is 45.1 Å². The van der Waals surface area contributed by atoms with Gasteiger partial charge in [0.2, 0.25) is 5.91 Å². The number of aryl methyl sites for hydroxylation is 3. The van der Waals surface area contributed by atoms with Crippen LogP contribution in [-0.4, -0.2) is 15.9 Å². The van der Waals surface area contributed by atoms with E-state index in [-0.39, 0.29) is 5.91 Å². The summed E-state index contributed by atoms with van der Waals surface area (Å²) in [6, 6.07) is 7.75. The lowest BCUT2D eigenvalue weighted by atomic mass is 10.1. The molecular weight excluding hydrogens is 310 g/mol. The first-order valence-corrected chi connectivity index (χ1v) is 8.43. The van der Waals surface area contributed by atoms with Crippen LogP contribution < -0.4 is 5.32 Å². The van der Waals surface area contributed by atoms with Gasteiger partial charge in [0.05, 0.1) is 6.54 Å². The Morgan fingerprint density at radius 1 is 1.22 bits per heavy atom. The van der Waals surface area contributed by atoms with E-state index >= 15 is 0 Å².